The second kappa shape index (κ2) is 5.54. The van der Waals surface area contributed by atoms with Crippen molar-refractivity contribution in [1.82, 2.24) is 9.38 Å². The molecule has 0 aliphatic heterocycles. The van der Waals surface area contributed by atoms with Gasteiger partial charge in [-0.15, -0.1) is 0 Å². The van der Waals surface area contributed by atoms with Crippen LogP contribution in [0.2, 0.25) is 0 Å². The Bertz CT molecular complexity index is 607. The zero-order valence-electron chi connectivity index (χ0n) is 10.6. The molecule has 2 N–H and O–H groups in total. The topological polar surface area (TPSA) is 60.4 Å². The van der Waals surface area contributed by atoms with Crippen LogP contribution in [-0.4, -0.2) is 21.2 Å². The van der Waals surface area contributed by atoms with Gasteiger partial charge in [0.1, 0.15) is 5.65 Å². The van der Waals surface area contributed by atoms with Crippen LogP contribution in [0.15, 0.2) is 29.2 Å². The minimum absolute atomic E-state index is 0.0277. The number of fused-ring (bicyclic) bond motifs is 1. The van der Waals surface area contributed by atoms with E-state index in [1.165, 1.54) is 0 Å². The molecule has 0 spiro atoms. The number of nitrogens with zero attached hydrogens (tertiary/aromatic N) is 2. The Labute approximate surface area is 110 Å². The van der Waals surface area contributed by atoms with E-state index in [0.717, 1.165) is 28.4 Å². The third-order valence-corrected chi connectivity index (χ3v) is 3.83. The first kappa shape index (κ1) is 13.1. The molecular weight excluding hydrogens is 246 g/mol. The van der Waals surface area contributed by atoms with Crippen LogP contribution in [0.25, 0.3) is 5.65 Å². The van der Waals surface area contributed by atoms with Crippen molar-refractivity contribution in [3.05, 3.63) is 46.0 Å². The molecule has 2 aromatic rings. The first-order valence-corrected chi connectivity index (χ1v) is 7.04. The summed E-state index contributed by atoms with van der Waals surface area (Å²) < 4.78 is 1.58. The van der Waals surface area contributed by atoms with Crippen LogP contribution in [0.3, 0.4) is 0 Å². The maximum absolute atomic E-state index is 11.9. The van der Waals surface area contributed by atoms with Gasteiger partial charge >= 0.3 is 0 Å². The maximum atomic E-state index is 11.9. The van der Waals surface area contributed by atoms with E-state index in [4.69, 9.17) is 5.73 Å². The van der Waals surface area contributed by atoms with Gasteiger partial charge < -0.3 is 5.73 Å². The lowest BCUT2D eigenvalue weighted by atomic mass is 10.3. The number of nitrogens with two attached hydrogens (primary N) is 1. The summed E-state index contributed by atoms with van der Waals surface area (Å²) in [6.07, 6.45) is 1.75. The summed E-state index contributed by atoms with van der Waals surface area (Å²) in [5, 5.41) is 0. The molecular formula is C13H17N3OS. The number of rotatable bonds is 4. The average molecular weight is 263 g/mol. The molecule has 18 heavy (non-hydrogen) atoms. The van der Waals surface area contributed by atoms with Crippen molar-refractivity contribution >= 4 is 17.4 Å². The molecule has 0 aliphatic carbocycles. The Morgan fingerprint density at radius 2 is 2.33 bits per heavy atom. The SMILES string of the molecule is Cc1cccn2c(=O)cc(CSCC(C)N)nc12. The third kappa shape index (κ3) is 2.91. The van der Waals surface area contributed by atoms with E-state index in [0.29, 0.717) is 0 Å². The Kier molecular flexibility index (Phi) is 4.04. The largest absolute Gasteiger partial charge is 0.327 e. The van der Waals surface area contributed by atoms with E-state index in [9.17, 15) is 4.79 Å². The normalized spacial score (nSPS) is 12.8. The fourth-order valence-electron chi connectivity index (χ4n) is 1.73. The molecule has 0 bridgehead atoms. The Hall–Kier alpha value is -1.33. The first-order valence-electron chi connectivity index (χ1n) is 5.89. The number of pyridine rings is 1. The zero-order chi connectivity index (χ0) is 13.1. The molecule has 2 rings (SSSR count). The van der Waals surface area contributed by atoms with Crippen LogP contribution in [-0.2, 0) is 5.75 Å². The van der Waals surface area contributed by atoms with E-state index in [-0.39, 0.29) is 11.6 Å². The van der Waals surface area contributed by atoms with Gasteiger partial charge in [0.05, 0.1) is 5.69 Å². The lowest BCUT2D eigenvalue weighted by Gasteiger charge is -2.07. The number of aromatic nitrogens is 2. The molecule has 1 unspecified atom stereocenters. The van der Waals surface area contributed by atoms with Gasteiger partial charge in [-0.1, -0.05) is 6.07 Å². The molecule has 0 aromatic carbocycles. The van der Waals surface area contributed by atoms with Crippen LogP contribution in [0, 0.1) is 6.92 Å². The van der Waals surface area contributed by atoms with Gasteiger partial charge in [-0.2, -0.15) is 11.8 Å². The van der Waals surface area contributed by atoms with Crippen LogP contribution >= 0.6 is 11.8 Å². The molecule has 96 valence electrons. The van der Waals surface area contributed by atoms with Gasteiger partial charge in [-0.3, -0.25) is 9.20 Å². The predicted molar refractivity (Wildman–Crippen MR) is 76.0 cm³/mol. The standard InChI is InChI=1S/C13H17N3OS/c1-9-4-3-5-16-12(17)6-11(15-13(9)16)8-18-7-10(2)14/h3-6,10H,7-8,14H2,1-2H3. The lowest BCUT2D eigenvalue weighted by Crippen LogP contribution is -2.18. The monoisotopic (exact) mass is 263 g/mol. The van der Waals surface area contributed by atoms with Crippen molar-refractivity contribution < 1.29 is 0 Å². The van der Waals surface area contributed by atoms with Crippen LogP contribution in [0.1, 0.15) is 18.2 Å². The smallest absolute Gasteiger partial charge is 0.258 e. The zero-order valence-corrected chi connectivity index (χ0v) is 11.4. The first-order chi connectivity index (χ1) is 8.58. The van der Waals surface area contributed by atoms with Crippen LogP contribution < -0.4 is 11.3 Å². The summed E-state index contributed by atoms with van der Waals surface area (Å²) in [7, 11) is 0. The molecule has 1 atom stereocenters. The van der Waals surface area contributed by atoms with Gasteiger partial charge in [0, 0.05) is 29.8 Å². The third-order valence-electron chi connectivity index (χ3n) is 2.57. The van der Waals surface area contributed by atoms with Gasteiger partial charge in [0.2, 0.25) is 0 Å². The highest BCUT2D eigenvalue weighted by Crippen LogP contribution is 2.12. The molecule has 0 aliphatic rings. The van der Waals surface area contributed by atoms with Crippen molar-refractivity contribution in [3.63, 3.8) is 0 Å². The van der Waals surface area contributed by atoms with Gasteiger partial charge in [0.25, 0.3) is 5.56 Å². The highest BCUT2D eigenvalue weighted by molar-refractivity contribution is 7.98. The molecule has 2 aromatic heterocycles. The summed E-state index contributed by atoms with van der Waals surface area (Å²) in [4.78, 5) is 16.5. The molecule has 0 fully saturated rings. The second-order valence-corrected chi connectivity index (χ2v) is 5.49. The summed E-state index contributed by atoms with van der Waals surface area (Å²) in [6, 6.07) is 5.58. The van der Waals surface area contributed by atoms with E-state index in [1.807, 2.05) is 26.0 Å². The Morgan fingerprint density at radius 3 is 3.06 bits per heavy atom. The fraction of sp³-hybridized carbons (Fsp3) is 0.385. The van der Waals surface area contributed by atoms with E-state index < -0.39 is 0 Å². The summed E-state index contributed by atoms with van der Waals surface area (Å²) in [5.41, 5.74) is 8.23. The Balaban J connectivity index is 2.31. The number of hydrogen-bond acceptors (Lipinski definition) is 4. The van der Waals surface area contributed by atoms with Crippen molar-refractivity contribution in [2.45, 2.75) is 25.6 Å². The highest BCUT2D eigenvalue weighted by atomic mass is 32.2. The van der Waals surface area contributed by atoms with E-state index in [1.54, 1.807) is 28.4 Å². The van der Waals surface area contributed by atoms with E-state index >= 15 is 0 Å². The number of hydrogen-bond donors (Lipinski definition) is 1. The maximum Gasteiger partial charge on any atom is 0.258 e. The van der Waals surface area contributed by atoms with Gasteiger partial charge in [-0.25, -0.2) is 4.98 Å². The van der Waals surface area contributed by atoms with E-state index in [2.05, 4.69) is 4.98 Å². The van der Waals surface area contributed by atoms with Crippen LogP contribution in [0.5, 0.6) is 0 Å². The quantitative estimate of drug-likeness (QED) is 0.910. The van der Waals surface area contributed by atoms with Crippen LogP contribution in [0.4, 0.5) is 0 Å². The molecule has 0 saturated heterocycles. The summed E-state index contributed by atoms with van der Waals surface area (Å²) in [6.45, 7) is 3.93. The van der Waals surface area contributed by atoms with Crippen molar-refractivity contribution in [2.75, 3.05) is 5.75 Å². The Morgan fingerprint density at radius 1 is 1.56 bits per heavy atom. The number of thioether (sulfide) groups is 1. The van der Waals surface area contributed by atoms with Crippen molar-refractivity contribution in [3.8, 4) is 0 Å². The fourth-order valence-corrected chi connectivity index (χ4v) is 2.58. The van der Waals surface area contributed by atoms with Gasteiger partial charge in [0.15, 0.2) is 0 Å². The molecule has 0 amide bonds. The molecule has 4 nitrogen and oxygen atoms in total. The summed E-state index contributed by atoms with van der Waals surface area (Å²) >= 11 is 1.70. The molecule has 0 radical (unpaired) electrons. The average Bonchev–Trinajstić information content (AvgIpc) is 2.30. The number of aryl methyl sites for hydroxylation is 1. The minimum atomic E-state index is -0.0277. The summed E-state index contributed by atoms with van der Waals surface area (Å²) in [5.74, 6) is 1.59. The molecule has 0 saturated carbocycles. The highest BCUT2D eigenvalue weighted by Gasteiger charge is 2.05. The molecule has 2 heterocycles. The predicted octanol–water partition coefficient (Wildman–Crippen LogP) is 1.58. The molecule has 5 heteroatoms. The second-order valence-electron chi connectivity index (χ2n) is 4.46. The minimum Gasteiger partial charge on any atom is -0.327 e. The van der Waals surface area contributed by atoms with Crippen molar-refractivity contribution in [2.24, 2.45) is 5.73 Å². The van der Waals surface area contributed by atoms with Crippen molar-refractivity contribution in [1.29, 1.82) is 0 Å². The lowest BCUT2D eigenvalue weighted by molar-refractivity contribution is 0.846. The van der Waals surface area contributed by atoms with Gasteiger partial charge in [-0.05, 0) is 25.5 Å².